The van der Waals surface area contributed by atoms with Gasteiger partial charge in [-0.15, -0.1) is 0 Å². The highest BCUT2D eigenvalue weighted by atomic mass is 16.5. The molecule has 3 rings (SSSR count). The SMILES string of the molecule is COc1ccc(C)cc1-c1nc(C2(N)CC2)[nH]c1C. The first-order valence-electron chi connectivity index (χ1n) is 6.54. The van der Waals surface area contributed by atoms with Crippen LogP contribution in [0.5, 0.6) is 5.75 Å². The third-order valence-electron chi connectivity index (χ3n) is 3.76. The fourth-order valence-electron chi connectivity index (χ4n) is 2.34. The van der Waals surface area contributed by atoms with Crippen molar-refractivity contribution in [3.63, 3.8) is 0 Å². The molecule has 1 heterocycles. The van der Waals surface area contributed by atoms with Crippen LogP contribution in [0.2, 0.25) is 0 Å². The van der Waals surface area contributed by atoms with Crippen molar-refractivity contribution in [1.29, 1.82) is 0 Å². The number of benzene rings is 1. The molecule has 4 heteroatoms. The van der Waals surface area contributed by atoms with Gasteiger partial charge in [-0.1, -0.05) is 11.6 Å². The third-order valence-corrected chi connectivity index (χ3v) is 3.76. The van der Waals surface area contributed by atoms with E-state index in [-0.39, 0.29) is 5.54 Å². The van der Waals surface area contributed by atoms with Crippen molar-refractivity contribution in [1.82, 2.24) is 9.97 Å². The molecule has 1 saturated carbocycles. The molecule has 0 saturated heterocycles. The number of methoxy groups -OCH3 is 1. The molecule has 1 aliphatic carbocycles. The first-order valence-corrected chi connectivity index (χ1v) is 6.54. The zero-order chi connectivity index (χ0) is 13.6. The number of aryl methyl sites for hydroxylation is 2. The van der Waals surface area contributed by atoms with Crippen molar-refractivity contribution in [3.05, 3.63) is 35.3 Å². The summed E-state index contributed by atoms with van der Waals surface area (Å²) in [6, 6.07) is 6.12. The number of hydrogen-bond acceptors (Lipinski definition) is 3. The number of ether oxygens (including phenoxy) is 1. The van der Waals surface area contributed by atoms with Gasteiger partial charge in [0, 0.05) is 11.3 Å². The van der Waals surface area contributed by atoms with E-state index in [9.17, 15) is 0 Å². The number of H-pyrrole nitrogens is 1. The lowest BCUT2D eigenvalue weighted by atomic mass is 10.1. The van der Waals surface area contributed by atoms with E-state index in [1.807, 2.05) is 19.1 Å². The third kappa shape index (κ3) is 2.02. The lowest BCUT2D eigenvalue weighted by Gasteiger charge is -2.08. The highest BCUT2D eigenvalue weighted by Crippen LogP contribution is 2.42. The number of rotatable bonds is 3. The lowest BCUT2D eigenvalue weighted by molar-refractivity contribution is 0.416. The van der Waals surface area contributed by atoms with Crippen molar-refractivity contribution in [2.45, 2.75) is 32.2 Å². The molecule has 4 nitrogen and oxygen atoms in total. The summed E-state index contributed by atoms with van der Waals surface area (Å²) in [7, 11) is 1.68. The quantitative estimate of drug-likeness (QED) is 0.888. The largest absolute Gasteiger partial charge is 0.496 e. The van der Waals surface area contributed by atoms with Crippen molar-refractivity contribution in [2.75, 3.05) is 7.11 Å². The first kappa shape index (κ1) is 12.2. The molecule has 3 N–H and O–H groups in total. The Morgan fingerprint density at radius 2 is 2.05 bits per heavy atom. The monoisotopic (exact) mass is 257 g/mol. The Morgan fingerprint density at radius 1 is 1.32 bits per heavy atom. The summed E-state index contributed by atoms with van der Waals surface area (Å²) < 4.78 is 5.44. The van der Waals surface area contributed by atoms with Crippen LogP contribution in [0.3, 0.4) is 0 Å². The summed E-state index contributed by atoms with van der Waals surface area (Å²) in [6.07, 6.45) is 2.01. The standard InChI is InChI=1S/C15H19N3O/c1-9-4-5-12(19-3)11(8-9)13-10(2)17-14(18-13)15(16)6-7-15/h4-5,8H,6-7,16H2,1-3H3,(H,17,18). The zero-order valence-corrected chi connectivity index (χ0v) is 11.6. The van der Waals surface area contributed by atoms with Gasteiger partial charge in [0.1, 0.15) is 11.6 Å². The van der Waals surface area contributed by atoms with Gasteiger partial charge in [-0.05, 0) is 38.8 Å². The number of hydrogen-bond donors (Lipinski definition) is 2. The minimum Gasteiger partial charge on any atom is -0.496 e. The minimum absolute atomic E-state index is 0.236. The Bertz CT molecular complexity index is 626. The van der Waals surface area contributed by atoms with E-state index in [4.69, 9.17) is 15.5 Å². The van der Waals surface area contributed by atoms with Gasteiger partial charge in [-0.3, -0.25) is 0 Å². The molecule has 1 aliphatic rings. The van der Waals surface area contributed by atoms with Crippen molar-refractivity contribution in [3.8, 4) is 17.0 Å². The molecule has 0 unspecified atom stereocenters. The number of aromatic amines is 1. The average Bonchev–Trinajstić information content (AvgIpc) is 3.01. The van der Waals surface area contributed by atoms with Crippen LogP contribution >= 0.6 is 0 Å². The van der Waals surface area contributed by atoms with Gasteiger partial charge >= 0.3 is 0 Å². The van der Waals surface area contributed by atoms with Crippen molar-refractivity contribution in [2.24, 2.45) is 5.73 Å². The maximum Gasteiger partial charge on any atom is 0.128 e. The highest BCUT2D eigenvalue weighted by Gasteiger charge is 2.43. The Kier molecular flexibility index (Phi) is 2.64. The first-order chi connectivity index (χ1) is 9.03. The van der Waals surface area contributed by atoms with Crippen LogP contribution in [0, 0.1) is 13.8 Å². The van der Waals surface area contributed by atoms with Gasteiger partial charge in [0.2, 0.25) is 0 Å². The minimum atomic E-state index is -0.236. The predicted octanol–water partition coefficient (Wildman–Crippen LogP) is 2.65. The number of aromatic nitrogens is 2. The summed E-state index contributed by atoms with van der Waals surface area (Å²) in [5.74, 6) is 1.73. The summed E-state index contributed by atoms with van der Waals surface area (Å²) in [5.41, 5.74) is 10.2. The smallest absolute Gasteiger partial charge is 0.128 e. The van der Waals surface area contributed by atoms with Crippen LogP contribution in [-0.2, 0) is 5.54 Å². The van der Waals surface area contributed by atoms with Gasteiger partial charge in [-0.2, -0.15) is 0 Å². The van der Waals surface area contributed by atoms with E-state index in [0.717, 1.165) is 41.4 Å². The van der Waals surface area contributed by atoms with Crippen LogP contribution in [0.25, 0.3) is 11.3 Å². The number of nitrogens with zero attached hydrogens (tertiary/aromatic N) is 1. The second-order valence-electron chi connectivity index (χ2n) is 5.42. The molecule has 19 heavy (non-hydrogen) atoms. The van der Waals surface area contributed by atoms with Crippen molar-refractivity contribution < 1.29 is 4.74 Å². The molecule has 1 aromatic carbocycles. The molecule has 1 fully saturated rings. The number of nitrogens with one attached hydrogen (secondary N) is 1. The fourth-order valence-corrected chi connectivity index (χ4v) is 2.34. The van der Waals surface area contributed by atoms with Gasteiger partial charge in [0.05, 0.1) is 18.3 Å². The molecule has 2 aromatic rings. The highest BCUT2D eigenvalue weighted by molar-refractivity contribution is 5.70. The van der Waals surface area contributed by atoms with E-state index >= 15 is 0 Å². The summed E-state index contributed by atoms with van der Waals surface area (Å²) in [4.78, 5) is 8.03. The summed E-state index contributed by atoms with van der Waals surface area (Å²) >= 11 is 0. The molecule has 0 bridgehead atoms. The van der Waals surface area contributed by atoms with E-state index in [2.05, 4.69) is 18.0 Å². The zero-order valence-electron chi connectivity index (χ0n) is 11.6. The van der Waals surface area contributed by atoms with E-state index < -0.39 is 0 Å². The summed E-state index contributed by atoms with van der Waals surface area (Å²) in [6.45, 7) is 4.09. The van der Waals surface area contributed by atoms with E-state index in [1.54, 1.807) is 7.11 Å². The normalized spacial score (nSPS) is 16.4. The van der Waals surface area contributed by atoms with Gasteiger partial charge in [0.25, 0.3) is 0 Å². The van der Waals surface area contributed by atoms with Gasteiger partial charge in [-0.25, -0.2) is 4.98 Å². The molecular weight excluding hydrogens is 238 g/mol. The Labute approximate surface area is 113 Å². The molecule has 0 radical (unpaired) electrons. The van der Waals surface area contributed by atoms with Crippen LogP contribution in [0.4, 0.5) is 0 Å². The Morgan fingerprint density at radius 3 is 2.68 bits per heavy atom. The fraction of sp³-hybridized carbons (Fsp3) is 0.400. The van der Waals surface area contributed by atoms with Gasteiger partial charge in [0.15, 0.2) is 0 Å². The Balaban J connectivity index is 2.11. The molecule has 0 aliphatic heterocycles. The Hall–Kier alpha value is -1.81. The second kappa shape index (κ2) is 4.10. The molecule has 100 valence electrons. The van der Waals surface area contributed by atoms with Crippen LogP contribution < -0.4 is 10.5 Å². The number of imidazole rings is 1. The average molecular weight is 257 g/mol. The lowest BCUT2D eigenvalue weighted by Crippen LogP contribution is -2.20. The summed E-state index contributed by atoms with van der Waals surface area (Å²) in [5, 5.41) is 0. The van der Waals surface area contributed by atoms with Crippen molar-refractivity contribution >= 4 is 0 Å². The predicted molar refractivity (Wildman–Crippen MR) is 75.1 cm³/mol. The maximum absolute atomic E-state index is 6.20. The molecule has 0 amide bonds. The molecule has 1 aromatic heterocycles. The van der Waals surface area contributed by atoms with Crippen LogP contribution in [0.1, 0.15) is 29.9 Å². The molecule has 0 atom stereocenters. The topological polar surface area (TPSA) is 63.9 Å². The van der Waals surface area contributed by atoms with Crippen LogP contribution in [-0.4, -0.2) is 17.1 Å². The second-order valence-corrected chi connectivity index (χ2v) is 5.42. The van der Waals surface area contributed by atoms with Crippen LogP contribution in [0.15, 0.2) is 18.2 Å². The van der Waals surface area contributed by atoms with Gasteiger partial charge < -0.3 is 15.5 Å². The van der Waals surface area contributed by atoms with E-state index in [1.165, 1.54) is 5.56 Å². The molecule has 0 spiro atoms. The van der Waals surface area contributed by atoms with E-state index in [0.29, 0.717) is 0 Å². The molecular formula is C15H19N3O. The maximum atomic E-state index is 6.20. The number of nitrogens with two attached hydrogens (primary N) is 1.